The number of rotatable bonds is 14. The lowest BCUT2D eigenvalue weighted by Gasteiger charge is -2.36. The molecule has 0 bridgehead atoms. The molecule has 1 saturated carbocycles. The molecule has 0 saturated heterocycles. The maximum Gasteiger partial charge on any atom is 0.261 e. The van der Waals surface area contributed by atoms with Gasteiger partial charge in [-0.3, -0.25) is 38.9 Å². The van der Waals surface area contributed by atoms with Gasteiger partial charge in [0.1, 0.15) is 12.1 Å². The highest BCUT2D eigenvalue weighted by Crippen LogP contribution is 2.39. The van der Waals surface area contributed by atoms with Crippen LogP contribution in [-0.4, -0.2) is 55.4 Å². The molecule has 2 heterocycles. The van der Waals surface area contributed by atoms with E-state index in [4.69, 9.17) is 0 Å². The van der Waals surface area contributed by atoms with E-state index in [1.54, 1.807) is 79.4 Å². The molecular weight excluding hydrogens is 901 g/mol. The van der Waals surface area contributed by atoms with Gasteiger partial charge in [0.2, 0.25) is 11.8 Å². The fourth-order valence-corrected chi connectivity index (χ4v) is 9.47. The third-order valence-corrected chi connectivity index (χ3v) is 13.3. The Morgan fingerprint density at radius 2 is 1.03 bits per heavy atom. The van der Waals surface area contributed by atoms with Gasteiger partial charge in [-0.05, 0) is 121 Å². The first-order chi connectivity index (χ1) is 34.1. The van der Waals surface area contributed by atoms with Crippen LogP contribution < -0.4 is 20.4 Å². The van der Waals surface area contributed by atoms with Gasteiger partial charge in [-0.1, -0.05) is 139 Å². The summed E-state index contributed by atoms with van der Waals surface area (Å²) in [5.41, 5.74) is 4.59. The summed E-state index contributed by atoms with van der Waals surface area (Å²) in [6.07, 6.45) is 5.93. The normalized spacial score (nSPS) is 16.9. The zero-order valence-electron chi connectivity index (χ0n) is 43.0. The number of nitrogens with one attached hydrogen (secondary N) is 2. The number of nitrogens with zero attached hydrogens (tertiary/aromatic N) is 4. The lowest BCUT2D eigenvalue weighted by molar-refractivity contribution is -0.131. The summed E-state index contributed by atoms with van der Waals surface area (Å²) >= 11 is 0. The average molecular weight is 971 g/mol. The van der Waals surface area contributed by atoms with Crippen LogP contribution in [0.1, 0.15) is 157 Å². The van der Waals surface area contributed by atoms with E-state index in [9.17, 15) is 24.6 Å². The van der Waals surface area contributed by atoms with E-state index in [0.29, 0.717) is 46.5 Å². The second-order valence-corrected chi connectivity index (χ2v) is 22.1. The fraction of sp³-hybridized carbons (Fsp3) is 0.367. The molecule has 7 rings (SSSR count). The van der Waals surface area contributed by atoms with Crippen molar-refractivity contribution >= 4 is 35.0 Å². The minimum atomic E-state index is -1.65. The molecule has 4 aromatic carbocycles. The molecule has 72 heavy (non-hydrogen) atoms. The summed E-state index contributed by atoms with van der Waals surface area (Å²) in [4.78, 5) is 70.4. The molecule has 12 heteroatoms. The summed E-state index contributed by atoms with van der Waals surface area (Å²) in [7, 11) is 0. The van der Waals surface area contributed by atoms with Crippen molar-refractivity contribution in [3.05, 3.63) is 191 Å². The van der Waals surface area contributed by atoms with Crippen LogP contribution in [0, 0.1) is 0 Å². The van der Waals surface area contributed by atoms with E-state index in [2.05, 4.69) is 62.1 Å². The van der Waals surface area contributed by atoms with E-state index in [1.165, 1.54) is 9.80 Å². The lowest BCUT2D eigenvalue weighted by Crippen LogP contribution is -2.50. The lowest BCUT2D eigenvalue weighted by atomic mass is 9.80. The van der Waals surface area contributed by atoms with E-state index in [-0.39, 0.29) is 22.8 Å². The largest absolute Gasteiger partial charge is 0.378 e. The Kier molecular flexibility index (Phi) is 16.3. The number of aliphatic hydroxyl groups excluding tert-OH is 2. The Labute approximate surface area is 424 Å². The molecule has 12 nitrogen and oxygen atoms in total. The molecule has 1 aliphatic rings. The second-order valence-electron chi connectivity index (χ2n) is 22.1. The van der Waals surface area contributed by atoms with Crippen molar-refractivity contribution in [2.45, 2.75) is 141 Å². The number of carbonyl (C=O) groups is 4. The van der Waals surface area contributed by atoms with E-state index < -0.39 is 53.5 Å². The summed E-state index contributed by atoms with van der Waals surface area (Å²) in [6, 6.07) is 35.3. The molecule has 6 aromatic rings. The number of pyridine rings is 2. The molecule has 4 N–H and O–H groups in total. The molecule has 0 radical (unpaired) electrons. The zero-order valence-corrected chi connectivity index (χ0v) is 43.0. The smallest absolute Gasteiger partial charge is 0.261 e. The van der Waals surface area contributed by atoms with Gasteiger partial charge in [-0.25, -0.2) is 0 Å². The fourth-order valence-electron chi connectivity index (χ4n) is 9.47. The number of anilines is 2. The highest BCUT2D eigenvalue weighted by Gasteiger charge is 2.40. The van der Waals surface area contributed by atoms with Crippen molar-refractivity contribution in [2.24, 2.45) is 0 Å². The van der Waals surface area contributed by atoms with Crippen molar-refractivity contribution in [1.82, 2.24) is 20.6 Å². The minimum Gasteiger partial charge on any atom is -0.378 e. The zero-order chi connectivity index (χ0) is 52.0. The molecule has 1 aliphatic carbocycles. The Bertz CT molecular complexity index is 2790. The van der Waals surface area contributed by atoms with Gasteiger partial charge in [-0.15, -0.1) is 0 Å². The second kappa shape index (κ2) is 22.2. The maximum absolute atomic E-state index is 15.0. The van der Waals surface area contributed by atoms with Crippen LogP contribution in [0.3, 0.4) is 0 Å². The Morgan fingerprint density at radius 3 is 1.50 bits per heavy atom. The van der Waals surface area contributed by atoms with Gasteiger partial charge in [0.25, 0.3) is 11.8 Å². The first-order valence-corrected chi connectivity index (χ1v) is 24.9. The van der Waals surface area contributed by atoms with Gasteiger partial charge < -0.3 is 20.8 Å². The number of amides is 4. The predicted octanol–water partition coefficient (Wildman–Crippen LogP) is 10.4. The number of carbonyl (C=O) groups excluding carboxylic acids is 4. The van der Waals surface area contributed by atoms with Crippen molar-refractivity contribution in [1.29, 1.82) is 0 Å². The summed E-state index contributed by atoms with van der Waals surface area (Å²) in [6.45, 7) is 18.2. The van der Waals surface area contributed by atoms with Crippen molar-refractivity contribution in [2.75, 3.05) is 9.80 Å². The molecule has 1 fully saturated rings. The molecule has 6 atom stereocenters. The molecule has 4 unspecified atom stereocenters. The van der Waals surface area contributed by atoms with Crippen molar-refractivity contribution in [3.63, 3.8) is 0 Å². The van der Waals surface area contributed by atoms with Gasteiger partial charge in [0.05, 0.1) is 0 Å². The molecule has 0 spiro atoms. The van der Waals surface area contributed by atoms with E-state index >= 15 is 4.79 Å². The Hall–Kier alpha value is -7.02. The quantitative estimate of drug-likeness (QED) is 0.0838. The van der Waals surface area contributed by atoms with Crippen LogP contribution in [0.4, 0.5) is 11.4 Å². The maximum atomic E-state index is 15.0. The number of hydrogen-bond acceptors (Lipinski definition) is 8. The third kappa shape index (κ3) is 12.7. The highest BCUT2D eigenvalue weighted by atomic mass is 16.3. The average Bonchev–Trinajstić information content (AvgIpc) is 3.36. The van der Waals surface area contributed by atoms with Crippen LogP contribution in [0.15, 0.2) is 152 Å². The monoisotopic (exact) mass is 971 g/mol. The summed E-state index contributed by atoms with van der Waals surface area (Å²) in [5, 5.41) is 30.2. The van der Waals surface area contributed by atoms with Crippen LogP contribution in [0.2, 0.25) is 0 Å². The van der Waals surface area contributed by atoms with Crippen molar-refractivity contribution < 1.29 is 29.4 Å². The van der Waals surface area contributed by atoms with Gasteiger partial charge in [0.15, 0.2) is 12.2 Å². The first kappa shape index (κ1) is 52.8. The van der Waals surface area contributed by atoms with Crippen LogP contribution in [-0.2, 0) is 30.0 Å². The van der Waals surface area contributed by atoms with Crippen LogP contribution >= 0.6 is 0 Å². The van der Waals surface area contributed by atoms with Crippen molar-refractivity contribution in [3.8, 4) is 0 Å². The summed E-state index contributed by atoms with van der Waals surface area (Å²) < 4.78 is 0. The molecule has 2 aromatic heterocycles. The molecular formula is C60H70N6O6. The molecule has 0 aliphatic heterocycles. The number of benzene rings is 4. The highest BCUT2D eigenvalue weighted by molar-refractivity contribution is 6.04. The molecule has 376 valence electrons. The van der Waals surface area contributed by atoms with Gasteiger partial charge in [0, 0.05) is 58.9 Å². The third-order valence-electron chi connectivity index (χ3n) is 13.3. The van der Waals surface area contributed by atoms with Crippen LogP contribution in [0.5, 0.6) is 0 Å². The molecule has 4 amide bonds. The van der Waals surface area contributed by atoms with E-state index in [1.807, 2.05) is 93.6 Å². The predicted molar refractivity (Wildman–Crippen MR) is 283 cm³/mol. The van der Waals surface area contributed by atoms with Gasteiger partial charge in [-0.2, -0.15) is 0 Å². The first-order valence-electron chi connectivity index (χ1n) is 24.9. The van der Waals surface area contributed by atoms with E-state index in [0.717, 1.165) is 29.5 Å². The topological polar surface area (TPSA) is 165 Å². The number of aromatic nitrogens is 2. The number of hydrogen-bond donors (Lipinski definition) is 4. The minimum absolute atomic E-state index is 0.0625. The standard InChI is InChI=1S/C60H70N6O6/c1-58(2,3)45-25-29-48(30-26-45)65(56(71)52(67)39-17-11-10-12-18-39)50(43-22-15-33-61-37-43)54(69)63-47-24-14-20-41(36-47)40-19-13-21-42(35-40)53(68)57(72)66(49-31-27-46(28-32-49)59(4,5)6)51(44-23-16-34-62-38-44)55(70)64-60(7,8)9/h10-13,15-19,21-23,25-35,37-38,41,47,50-53,67-68H,14,20,24,36H2,1-9H3,(H,63,69)(H,64,70)/t41?,47?,50?,51?,52-,53-/m0/s1. The summed E-state index contributed by atoms with van der Waals surface area (Å²) in [5.74, 6) is -2.27. The number of aliphatic hydroxyl groups is 2. The Morgan fingerprint density at radius 1 is 0.556 bits per heavy atom. The SMILES string of the molecule is CC(C)(C)NC(=O)C(c1cccnc1)N(C(=O)[C@@H](O)c1cccc(C2CCCC(NC(=O)C(c3cccnc3)N(C(=O)[C@@H](O)c3ccccc3)c3ccc(C(C)(C)C)cc3)C2)c1)c1ccc(C(C)(C)C)cc1. The Balaban J connectivity index is 1.18. The van der Waals surface area contributed by atoms with Gasteiger partial charge >= 0.3 is 0 Å². The van der Waals surface area contributed by atoms with Crippen LogP contribution in [0.25, 0.3) is 0 Å².